The number of rotatable bonds is 4. The Morgan fingerprint density at radius 1 is 1.15 bits per heavy atom. The van der Waals surface area contributed by atoms with Gasteiger partial charge in [0.15, 0.2) is 5.11 Å². The molecule has 0 aliphatic heterocycles. The van der Waals surface area contributed by atoms with E-state index < -0.39 is 5.97 Å². The van der Waals surface area contributed by atoms with Gasteiger partial charge in [-0.25, -0.2) is 9.59 Å². The molecule has 0 unspecified atom stereocenters. The van der Waals surface area contributed by atoms with Crippen molar-refractivity contribution < 1.29 is 19.4 Å². The SMILES string of the molecule is COC(=O)c1c(NC(=S)Nc2ccc(C(=O)O)cc2)sc2c1CCCC2. The van der Waals surface area contributed by atoms with Gasteiger partial charge in [-0.15, -0.1) is 11.3 Å². The second-order valence-electron chi connectivity index (χ2n) is 5.87. The van der Waals surface area contributed by atoms with E-state index in [2.05, 4.69) is 10.6 Å². The quantitative estimate of drug-likeness (QED) is 0.539. The minimum Gasteiger partial charge on any atom is -0.478 e. The molecule has 1 aliphatic carbocycles. The number of fused-ring (bicyclic) bond motifs is 1. The number of hydrogen-bond donors (Lipinski definition) is 3. The monoisotopic (exact) mass is 390 g/mol. The maximum atomic E-state index is 12.2. The summed E-state index contributed by atoms with van der Waals surface area (Å²) in [5, 5.41) is 16.0. The van der Waals surface area contributed by atoms with Crippen LogP contribution in [0.15, 0.2) is 24.3 Å². The van der Waals surface area contributed by atoms with Crippen LogP contribution in [0.2, 0.25) is 0 Å². The number of anilines is 2. The van der Waals surface area contributed by atoms with Crippen LogP contribution in [-0.2, 0) is 17.6 Å². The normalized spacial score (nSPS) is 12.8. The Kier molecular flexibility index (Phi) is 5.53. The molecule has 0 atom stereocenters. The van der Waals surface area contributed by atoms with Crippen LogP contribution in [0.5, 0.6) is 0 Å². The molecule has 1 aliphatic rings. The van der Waals surface area contributed by atoms with Crippen molar-refractivity contribution in [2.75, 3.05) is 17.7 Å². The number of carboxylic acids is 1. The van der Waals surface area contributed by atoms with E-state index in [1.54, 1.807) is 12.1 Å². The van der Waals surface area contributed by atoms with Crippen LogP contribution >= 0.6 is 23.6 Å². The minimum absolute atomic E-state index is 0.202. The zero-order chi connectivity index (χ0) is 18.7. The fraction of sp³-hybridized carbons (Fsp3) is 0.278. The van der Waals surface area contributed by atoms with E-state index in [1.165, 1.54) is 35.5 Å². The molecule has 3 rings (SSSR count). The van der Waals surface area contributed by atoms with Crippen molar-refractivity contribution in [3.8, 4) is 0 Å². The first-order valence-corrected chi connectivity index (χ1v) is 9.36. The van der Waals surface area contributed by atoms with Crippen LogP contribution in [0, 0.1) is 0 Å². The van der Waals surface area contributed by atoms with E-state index in [0.29, 0.717) is 21.4 Å². The Labute approximate surface area is 160 Å². The third-order valence-electron chi connectivity index (χ3n) is 4.18. The average Bonchev–Trinajstić information content (AvgIpc) is 2.99. The van der Waals surface area contributed by atoms with Crippen molar-refractivity contribution in [3.05, 3.63) is 45.8 Å². The first kappa shape index (κ1) is 18.3. The van der Waals surface area contributed by atoms with Crippen molar-refractivity contribution in [2.24, 2.45) is 0 Å². The number of carbonyl (C=O) groups excluding carboxylic acids is 1. The maximum absolute atomic E-state index is 12.2. The van der Waals surface area contributed by atoms with Gasteiger partial charge in [-0.2, -0.15) is 0 Å². The van der Waals surface area contributed by atoms with Gasteiger partial charge in [-0.1, -0.05) is 0 Å². The lowest BCUT2D eigenvalue weighted by Gasteiger charge is -2.12. The third kappa shape index (κ3) is 3.86. The van der Waals surface area contributed by atoms with Gasteiger partial charge >= 0.3 is 11.9 Å². The van der Waals surface area contributed by atoms with Crippen LogP contribution in [-0.4, -0.2) is 29.3 Å². The summed E-state index contributed by atoms with van der Waals surface area (Å²) in [6.07, 6.45) is 4.01. The predicted molar refractivity (Wildman–Crippen MR) is 106 cm³/mol. The first-order chi connectivity index (χ1) is 12.5. The number of methoxy groups -OCH3 is 1. The van der Waals surface area contributed by atoms with Gasteiger partial charge in [0.1, 0.15) is 5.00 Å². The molecule has 6 nitrogen and oxygen atoms in total. The second kappa shape index (κ2) is 7.84. The number of esters is 1. The number of benzene rings is 1. The van der Waals surface area contributed by atoms with Crippen LogP contribution in [0.3, 0.4) is 0 Å². The van der Waals surface area contributed by atoms with Crippen molar-refractivity contribution in [3.63, 3.8) is 0 Å². The molecule has 1 aromatic carbocycles. The van der Waals surface area contributed by atoms with Crippen molar-refractivity contribution in [2.45, 2.75) is 25.7 Å². The summed E-state index contributed by atoms with van der Waals surface area (Å²) in [5.74, 6) is -1.34. The summed E-state index contributed by atoms with van der Waals surface area (Å²) in [6, 6.07) is 6.27. The molecule has 136 valence electrons. The van der Waals surface area contributed by atoms with Gasteiger partial charge in [0.05, 0.1) is 18.2 Å². The Morgan fingerprint density at radius 2 is 1.85 bits per heavy atom. The molecule has 1 heterocycles. The summed E-state index contributed by atoms with van der Waals surface area (Å²) < 4.78 is 4.95. The Bertz CT molecular complexity index is 859. The summed E-state index contributed by atoms with van der Waals surface area (Å²) in [6.45, 7) is 0. The molecule has 0 radical (unpaired) electrons. The van der Waals surface area contributed by atoms with Gasteiger partial charge < -0.3 is 20.5 Å². The molecule has 0 spiro atoms. The molecule has 2 aromatic rings. The predicted octanol–water partition coefficient (Wildman–Crippen LogP) is 3.92. The van der Waals surface area contributed by atoms with Crippen LogP contribution < -0.4 is 10.6 Å². The van der Waals surface area contributed by atoms with Crippen LogP contribution in [0.4, 0.5) is 10.7 Å². The summed E-state index contributed by atoms with van der Waals surface area (Å²) >= 11 is 6.88. The number of thiophene rings is 1. The van der Waals surface area contributed by atoms with Crippen LogP contribution in [0.25, 0.3) is 0 Å². The maximum Gasteiger partial charge on any atom is 0.341 e. The molecular formula is C18H18N2O4S2. The largest absolute Gasteiger partial charge is 0.478 e. The molecule has 3 N–H and O–H groups in total. The van der Waals surface area contributed by atoms with Gasteiger partial charge in [0, 0.05) is 10.6 Å². The highest BCUT2D eigenvalue weighted by atomic mass is 32.1. The van der Waals surface area contributed by atoms with Gasteiger partial charge in [0.25, 0.3) is 0 Å². The van der Waals surface area contributed by atoms with Crippen molar-refractivity contribution in [1.29, 1.82) is 0 Å². The van der Waals surface area contributed by atoms with Gasteiger partial charge in [0.2, 0.25) is 0 Å². The highest BCUT2D eigenvalue weighted by Gasteiger charge is 2.26. The van der Waals surface area contributed by atoms with E-state index in [9.17, 15) is 9.59 Å². The zero-order valence-corrected chi connectivity index (χ0v) is 15.8. The van der Waals surface area contributed by atoms with Gasteiger partial charge in [-0.3, -0.25) is 0 Å². The second-order valence-corrected chi connectivity index (χ2v) is 7.38. The lowest BCUT2D eigenvalue weighted by atomic mass is 9.95. The van der Waals surface area contributed by atoms with E-state index in [1.807, 2.05) is 0 Å². The zero-order valence-electron chi connectivity index (χ0n) is 14.1. The summed E-state index contributed by atoms with van der Waals surface area (Å²) in [4.78, 5) is 24.3. The van der Waals surface area contributed by atoms with E-state index in [4.69, 9.17) is 22.1 Å². The summed E-state index contributed by atoms with van der Waals surface area (Å²) in [7, 11) is 1.37. The topological polar surface area (TPSA) is 87.7 Å². The number of aryl methyl sites for hydroxylation is 1. The Morgan fingerprint density at radius 3 is 2.50 bits per heavy atom. The number of carboxylic acid groups (broad SMARTS) is 1. The molecule has 0 amide bonds. The van der Waals surface area contributed by atoms with E-state index in [0.717, 1.165) is 31.2 Å². The van der Waals surface area contributed by atoms with E-state index >= 15 is 0 Å². The summed E-state index contributed by atoms with van der Waals surface area (Å²) in [5.41, 5.74) is 2.49. The van der Waals surface area contributed by atoms with Crippen molar-refractivity contribution >= 4 is 51.3 Å². The lowest BCUT2D eigenvalue weighted by Crippen LogP contribution is -2.20. The molecule has 0 saturated carbocycles. The number of thiocarbonyl (C=S) groups is 1. The number of carbonyl (C=O) groups is 2. The number of hydrogen-bond acceptors (Lipinski definition) is 5. The highest BCUT2D eigenvalue weighted by Crippen LogP contribution is 2.38. The molecule has 0 saturated heterocycles. The molecule has 0 bridgehead atoms. The molecule has 8 heteroatoms. The number of nitrogens with one attached hydrogen (secondary N) is 2. The number of aromatic carboxylic acids is 1. The smallest absolute Gasteiger partial charge is 0.341 e. The van der Waals surface area contributed by atoms with Crippen molar-refractivity contribution in [1.82, 2.24) is 0 Å². The first-order valence-electron chi connectivity index (χ1n) is 8.14. The fourth-order valence-electron chi connectivity index (χ4n) is 2.93. The van der Waals surface area contributed by atoms with Gasteiger partial charge in [-0.05, 0) is 67.7 Å². The molecule has 0 fully saturated rings. The highest BCUT2D eigenvalue weighted by molar-refractivity contribution is 7.80. The minimum atomic E-state index is -0.982. The fourth-order valence-corrected chi connectivity index (χ4v) is 4.50. The Hall–Kier alpha value is -2.45. The third-order valence-corrected chi connectivity index (χ3v) is 5.59. The number of ether oxygens (including phenoxy) is 1. The Balaban J connectivity index is 1.77. The molecule has 26 heavy (non-hydrogen) atoms. The molecule has 1 aromatic heterocycles. The standard InChI is InChI=1S/C18H18N2O4S2/c1-24-17(23)14-12-4-2-3-5-13(12)26-15(14)20-18(25)19-11-8-6-10(7-9-11)16(21)22/h6-9H,2-5H2,1H3,(H,21,22)(H2,19,20,25). The molecular weight excluding hydrogens is 372 g/mol. The van der Waals surface area contributed by atoms with E-state index in [-0.39, 0.29) is 11.5 Å². The van der Waals surface area contributed by atoms with Crippen LogP contribution in [0.1, 0.15) is 44.0 Å². The lowest BCUT2D eigenvalue weighted by molar-refractivity contribution is 0.0600. The average molecular weight is 390 g/mol.